The molecule has 8 heteroatoms. The second-order valence-electron chi connectivity index (χ2n) is 6.79. The number of rotatable bonds is 10. The Bertz CT molecular complexity index is 777. The monoisotopic (exact) mass is 418 g/mol. The zero-order valence-electron chi connectivity index (χ0n) is 17.9. The molecule has 164 valence electrons. The van der Waals surface area contributed by atoms with Gasteiger partial charge in [0.2, 0.25) is 5.91 Å². The summed E-state index contributed by atoms with van der Waals surface area (Å²) in [5, 5.41) is 2.97. The first kappa shape index (κ1) is 23.3. The van der Waals surface area contributed by atoms with E-state index >= 15 is 0 Å². The molecule has 8 nitrogen and oxygen atoms in total. The third-order valence-corrected chi connectivity index (χ3v) is 4.74. The maximum atomic E-state index is 12.7. The molecule has 0 spiro atoms. The van der Waals surface area contributed by atoms with Gasteiger partial charge in [-0.05, 0) is 50.5 Å². The van der Waals surface area contributed by atoms with Gasteiger partial charge in [0.1, 0.15) is 11.5 Å². The lowest BCUT2D eigenvalue weighted by Gasteiger charge is -2.27. The van der Waals surface area contributed by atoms with Crippen LogP contribution in [-0.4, -0.2) is 61.7 Å². The molecule has 0 N–H and O–H groups in total. The summed E-state index contributed by atoms with van der Waals surface area (Å²) in [7, 11) is 3.13. The summed E-state index contributed by atoms with van der Waals surface area (Å²) in [6.07, 6.45) is 5.57. The molecule has 1 saturated heterocycles. The first-order chi connectivity index (χ1) is 14.5. The highest BCUT2D eigenvalue weighted by Crippen LogP contribution is 2.25. The van der Waals surface area contributed by atoms with Crippen LogP contribution in [0.1, 0.15) is 44.6 Å². The molecule has 2 rings (SSSR count). The maximum Gasteiger partial charge on any atom is 0.305 e. The highest BCUT2D eigenvalue weighted by Gasteiger charge is 2.29. The Hall–Kier alpha value is -3.03. The number of carbonyl (C=O) groups is 3. The van der Waals surface area contributed by atoms with Crippen molar-refractivity contribution in [2.45, 2.75) is 39.0 Å². The Balaban J connectivity index is 1.93. The quantitative estimate of drug-likeness (QED) is 0.330. The molecule has 0 radical (unpaired) electrons. The molecule has 1 aromatic carbocycles. The fourth-order valence-electron chi connectivity index (χ4n) is 3.22. The smallest absolute Gasteiger partial charge is 0.305 e. The van der Waals surface area contributed by atoms with E-state index in [4.69, 9.17) is 14.2 Å². The molecule has 0 aliphatic carbocycles. The Morgan fingerprint density at radius 1 is 1.03 bits per heavy atom. The predicted octanol–water partition coefficient (Wildman–Crippen LogP) is 2.82. The minimum atomic E-state index is -0.266. The second kappa shape index (κ2) is 11.8. The summed E-state index contributed by atoms with van der Waals surface area (Å²) in [6, 6.07) is 5.32. The van der Waals surface area contributed by atoms with Crippen molar-refractivity contribution in [3.05, 3.63) is 29.8 Å². The molecule has 1 fully saturated rings. The molecule has 1 heterocycles. The molecule has 2 amide bonds. The van der Waals surface area contributed by atoms with Crippen molar-refractivity contribution >= 4 is 23.9 Å². The average Bonchev–Trinajstić information content (AvgIpc) is 3.25. The van der Waals surface area contributed by atoms with Gasteiger partial charge in [0, 0.05) is 37.6 Å². The van der Waals surface area contributed by atoms with Crippen molar-refractivity contribution in [2.24, 2.45) is 0 Å². The van der Waals surface area contributed by atoms with Gasteiger partial charge in [-0.25, -0.2) is 5.01 Å². The van der Waals surface area contributed by atoms with Gasteiger partial charge in [-0.3, -0.25) is 19.4 Å². The van der Waals surface area contributed by atoms with E-state index in [1.807, 2.05) is 0 Å². The Kier molecular flexibility index (Phi) is 9.18. The number of methoxy groups -OCH3 is 2. The van der Waals surface area contributed by atoms with Gasteiger partial charge in [-0.1, -0.05) is 0 Å². The van der Waals surface area contributed by atoms with Gasteiger partial charge in [0.05, 0.1) is 20.8 Å². The van der Waals surface area contributed by atoms with E-state index < -0.39 is 0 Å². The lowest BCUT2D eigenvalue weighted by atomic mass is 10.1. The van der Waals surface area contributed by atoms with E-state index in [1.165, 1.54) is 16.1 Å². The minimum Gasteiger partial charge on any atom is -0.497 e. The molecule has 1 aliphatic heterocycles. The summed E-state index contributed by atoms with van der Waals surface area (Å²) in [5.41, 5.74) is 0.709. The molecule has 0 aromatic heterocycles. The van der Waals surface area contributed by atoms with Crippen LogP contribution in [0, 0.1) is 0 Å². The third-order valence-electron chi connectivity index (χ3n) is 4.74. The van der Waals surface area contributed by atoms with Crippen molar-refractivity contribution in [3.8, 4) is 11.5 Å². The number of esters is 1. The molecule has 1 aliphatic rings. The molecular formula is C22H30N2O6. The van der Waals surface area contributed by atoms with Crippen LogP contribution in [-0.2, 0) is 19.1 Å². The average molecular weight is 418 g/mol. The molecule has 0 saturated carbocycles. The molecular weight excluding hydrogens is 388 g/mol. The van der Waals surface area contributed by atoms with E-state index in [9.17, 15) is 14.4 Å². The summed E-state index contributed by atoms with van der Waals surface area (Å²) in [4.78, 5) is 36.6. The Morgan fingerprint density at radius 3 is 2.47 bits per heavy atom. The summed E-state index contributed by atoms with van der Waals surface area (Å²) in [6.45, 7) is 3.13. The van der Waals surface area contributed by atoms with Crippen LogP contribution in [0.2, 0.25) is 0 Å². The minimum absolute atomic E-state index is 0.114. The van der Waals surface area contributed by atoms with Crippen LogP contribution in [0.5, 0.6) is 11.5 Å². The largest absolute Gasteiger partial charge is 0.497 e. The van der Waals surface area contributed by atoms with E-state index in [-0.39, 0.29) is 24.2 Å². The number of carbonyl (C=O) groups excluding carboxylic acids is 3. The number of unbranched alkanes of at least 4 members (excludes halogenated alkanes) is 1. The number of hydrazine groups is 1. The van der Waals surface area contributed by atoms with Gasteiger partial charge < -0.3 is 14.2 Å². The predicted molar refractivity (Wildman–Crippen MR) is 112 cm³/mol. The van der Waals surface area contributed by atoms with Crippen LogP contribution in [0.15, 0.2) is 24.3 Å². The number of nitrogens with zero attached hydrogens (tertiary/aromatic N) is 2. The Labute approximate surface area is 177 Å². The van der Waals surface area contributed by atoms with E-state index in [0.717, 1.165) is 6.42 Å². The van der Waals surface area contributed by atoms with Crippen LogP contribution in [0.3, 0.4) is 0 Å². The molecule has 30 heavy (non-hydrogen) atoms. The number of amides is 2. The van der Waals surface area contributed by atoms with Crippen LogP contribution in [0.25, 0.3) is 6.08 Å². The Morgan fingerprint density at radius 2 is 1.77 bits per heavy atom. The SMILES string of the molecule is CCOC(=O)CCCCC(=O)N1CCCN1C(=O)C=Cc1cc(OC)ccc1OC. The normalized spacial score (nSPS) is 13.6. The lowest BCUT2D eigenvalue weighted by molar-refractivity contribution is -0.154. The molecule has 1 aromatic rings. The van der Waals surface area contributed by atoms with Crippen molar-refractivity contribution in [1.29, 1.82) is 0 Å². The van der Waals surface area contributed by atoms with Crippen LogP contribution in [0.4, 0.5) is 0 Å². The molecule has 0 bridgehead atoms. The zero-order chi connectivity index (χ0) is 21.9. The summed E-state index contributed by atoms with van der Waals surface area (Å²) in [5.74, 6) is 0.648. The fourth-order valence-corrected chi connectivity index (χ4v) is 3.22. The van der Waals surface area contributed by atoms with Crippen molar-refractivity contribution in [3.63, 3.8) is 0 Å². The number of ether oxygens (including phenoxy) is 3. The van der Waals surface area contributed by atoms with Gasteiger partial charge >= 0.3 is 5.97 Å². The summed E-state index contributed by atoms with van der Waals surface area (Å²) >= 11 is 0. The lowest BCUT2D eigenvalue weighted by Crippen LogP contribution is -2.44. The van der Waals surface area contributed by atoms with Crippen molar-refractivity contribution in [2.75, 3.05) is 33.9 Å². The second-order valence-corrected chi connectivity index (χ2v) is 6.79. The highest BCUT2D eigenvalue weighted by molar-refractivity contribution is 5.93. The standard InChI is InChI=1S/C22H30N2O6/c1-4-30-22(27)9-6-5-8-20(25)23-14-7-15-24(23)21(26)13-10-17-16-18(28-2)11-12-19(17)29-3/h10-13,16H,4-9,14-15H2,1-3H3. The van der Waals surface area contributed by atoms with Gasteiger partial charge in [-0.2, -0.15) is 0 Å². The van der Waals surface area contributed by atoms with Crippen molar-refractivity contribution in [1.82, 2.24) is 10.0 Å². The van der Waals surface area contributed by atoms with E-state index in [2.05, 4.69) is 0 Å². The number of hydrogen-bond acceptors (Lipinski definition) is 6. The van der Waals surface area contributed by atoms with Crippen molar-refractivity contribution < 1.29 is 28.6 Å². The van der Waals surface area contributed by atoms with Gasteiger partial charge in [0.15, 0.2) is 0 Å². The van der Waals surface area contributed by atoms with Crippen LogP contribution >= 0.6 is 0 Å². The first-order valence-corrected chi connectivity index (χ1v) is 10.2. The van der Waals surface area contributed by atoms with Crippen LogP contribution < -0.4 is 9.47 Å². The van der Waals surface area contributed by atoms with Gasteiger partial charge in [0.25, 0.3) is 5.91 Å². The molecule has 0 atom stereocenters. The van der Waals surface area contributed by atoms with E-state index in [1.54, 1.807) is 45.4 Å². The van der Waals surface area contributed by atoms with E-state index in [0.29, 0.717) is 56.0 Å². The highest BCUT2D eigenvalue weighted by atomic mass is 16.5. The molecule has 0 unspecified atom stereocenters. The fraction of sp³-hybridized carbons (Fsp3) is 0.500. The number of hydrogen-bond donors (Lipinski definition) is 0. The zero-order valence-corrected chi connectivity index (χ0v) is 17.9. The number of benzene rings is 1. The summed E-state index contributed by atoms with van der Waals surface area (Å²) < 4.78 is 15.4. The van der Waals surface area contributed by atoms with Gasteiger partial charge in [-0.15, -0.1) is 0 Å². The topological polar surface area (TPSA) is 85.4 Å². The first-order valence-electron chi connectivity index (χ1n) is 10.2. The maximum absolute atomic E-state index is 12.7. The third kappa shape index (κ3) is 6.50.